The van der Waals surface area contributed by atoms with E-state index in [2.05, 4.69) is 22.3 Å². The molecule has 0 unspecified atom stereocenters. The molecule has 0 saturated carbocycles. The summed E-state index contributed by atoms with van der Waals surface area (Å²) in [5.41, 5.74) is 3.12. The number of carbonyl (C=O) groups excluding carboxylic acids is 1. The second-order valence-electron chi connectivity index (χ2n) is 6.61. The summed E-state index contributed by atoms with van der Waals surface area (Å²) in [6.45, 7) is 2.37. The van der Waals surface area contributed by atoms with Gasteiger partial charge in [-0.1, -0.05) is 35.9 Å². The SMILES string of the molecule is CN(C)Cc1ccc(CNC(=O)Cc2cc(Cl)c3c(c2)OCCO3)cc1. The van der Waals surface area contributed by atoms with Crippen LogP contribution in [-0.2, 0) is 24.3 Å². The molecule has 0 radical (unpaired) electrons. The average Bonchev–Trinajstić information content (AvgIpc) is 2.61. The highest BCUT2D eigenvalue weighted by atomic mass is 35.5. The van der Waals surface area contributed by atoms with Crippen molar-refractivity contribution in [2.45, 2.75) is 19.5 Å². The molecule has 6 heteroatoms. The van der Waals surface area contributed by atoms with Crippen molar-refractivity contribution in [1.82, 2.24) is 10.2 Å². The molecule has 0 bridgehead atoms. The molecule has 0 spiro atoms. The summed E-state index contributed by atoms with van der Waals surface area (Å²) in [4.78, 5) is 14.4. The first-order valence-electron chi connectivity index (χ1n) is 8.58. The fourth-order valence-corrected chi connectivity index (χ4v) is 3.13. The van der Waals surface area contributed by atoms with Crippen molar-refractivity contribution in [1.29, 1.82) is 0 Å². The number of rotatable bonds is 6. The third-order valence-corrected chi connectivity index (χ3v) is 4.31. The van der Waals surface area contributed by atoms with E-state index in [9.17, 15) is 4.79 Å². The van der Waals surface area contributed by atoms with Crippen molar-refractivity contribution in [3.8, 4) is 11.5 Å². The predicted octanol–water partition coefficient (Wildman–Crippen LogP) is 3.03. The van der Waals surface area contributed by atoms with Crippen LogP contribution in [0.5, 0.6) is 11.5 Å². The van der Waals surface area contributed by atoms with Gasteiger partial charge in [-0.05, 0) is 42.9 Å². The van der Waals surface area contributed by atoms with Crippen LogP contribution in [0, 0.1) is 0 Å². The first-order valence-corrected chi connectivity index (χ1v) is 8.96. The molecule has 1 aliphatic heterocycles. The van der Waals surface area contributed by atoms with Gasteiger partial charge in [0.2, 0.25) is 5.91 Å². The van der Waals surface area contributed by atoms with Gasteiger partial charge in [-0.3, -0.25) is 4.79 Å². The number of fused-ring (bicyclic) bond motifs is 1. The summed E-state index contributed by atoms with van der Waals surface area (Å²) < 4.78 is 11.0. The molecule has 5 nitrogen and oxygen atoms in total. The van der Waals surface area contributed by atoms with Gasteiger partial charge in [0.05, 0.1) is 11.4 Å². The topological polar surface area (TPSA) is 50.8 Å². The normalized spacial score (nSPS) is 12.9. The minimum absolute atomic E-state index is 0.0601. The maximum absolute atomic E-state index is 12.2. The van der Waals surface area contributed by atoms with Gasteiger partial charge < -0.3 is 19.7 Å². The van der Waals surface area contributed by atoms with Crippen molar-refractivity contribution in [3.05, 3.63) is 58.1 Å². The Morgan fingerprint density at radius 3 is 2.50 bits per heavy atom. The minimum Gasteiger partial charge on any atom is -0.486 e. The molecule has 2 aromatic carbocycles. The number of ether oxygens (including phenoxy) is 2. The van der Waals surface area contributed by atoms with Crippen molar-refractivity contribution in [2.75, 3.05) is 27.3 Å². The van der Waals surface area contributed by atoms with E-state index in [-0.39, 0.29) is 12.3 Å². The van der Waals surface area contributed by atoms with E-state index in [1.807, 2.05) is 32.3 Å². The lowest BCUT2D eigenvalue weighted by Crippen LogP contribution is -2.24. The number of carbonyl (C=O) groups is 1. The fraction of sp³-hybridized carbons (Fsp3) is 0.350. The van der Waals surface area contributed by atoms with Crippen LogP contribution in [-0.4, -0.2) is 38.1 Å². The Morgan fingerprint density at radius 1 is 1.08 bits per heavy atom. The Hall–Kier alpha value is -2.24. The lowest BCUT2D eigenvalue weighted by molar-refractivity contribution is -0.120. The first kappa shape index (κ1) is 18.5. The molecule has 0 saturated heterocycles. The van der Waals surface area contributed by atoms with Crippen LogP contribution in [0.1, 0.15) is 16.7 Å². The predicted molar refractivity (Wildman–Crippen MR) is 102 cm³/mol. The number of hydrogen-bond donors (Lipinski definition) is 1. The van der Waals surface area contributed by atoms with E-state index < -0.39 is 0 Å². The molecular formula is C20H23ClN2O3. The monoisotopic (exact) mass is 374 g/mol. The summed E-state index contributed by atoms with van der Waals surface area (Å²) in [5, 5.41) is 3.42. The van der Waals surface area contributed by atoms with Crippen LogP contribution in [0.25, 0.3) is 0 Å². The summed E-state index contributed by atoms with van der Waals surface area (Å²) in [6.07, 6.45) is 0.245. The Bertz CT molecular complexity index is 775. The molecule has 26 heavy (non-hydrogen) atoms. The van der Waals surface area contributed by atoms with Gasteiger partial charge >= 0.3 is 0 Å². The van der Waals surface area contributed by atoms with E-state index in [1.54, 1.807) is 6.07 Å². The van der Waals surface area contributed by atoms with Crippen LogP contribution < -0.4 is 14.8 Å². The molecule has 3 rings (SSSR count). The van der Waals surface area contributed by atoms with Gasteiger partial charge in [0, 0.05) is 13.1 Å². The van der Waals surface area contributed by atoms with Gasteiger partial charge in [0.15, 0.2) is 11.5 Å². The third-order valence-electron chi connectivity index (χ3n) is 4.03. The number of amides is 1. The van der Waals surface area contributed by atoms with Gasteiger partial charge in [-0.2, -0.15) is 0 Å². The largest absolute Gasteiger partial charge is 0.486 e. The molecule has 1 aliphatic rings. The Labute approximate surface area is 158 Å². The zero-order valence-corrected chi connectivity index (χ0v) is 15.8. The quantitative estimate of drug-likeness (QED) is 0.844. The maximum atomic E-state index is 12.2. The standard InChI is InChI=1S/C20H23ClN2O3/c1-23(2)13-15-5-3-14(4-6-15)12-22-19(24)11-16-9-17(21)20-18(10-16)25-7-8-26-20/h3-6,9-10H,7-8,11-13H2,1-2H3,(H,22,24). The van der Waals surface area contributed by atoms with Crippen molar-refractivity contribution >= 4 is 17.5 Å². The maximum Gasteiger partial charge on any atom is 0.224 e. The molecule has 0 fully saturated rings. The van der Waals surface area contributed by atoms with Crippen LogP contribution in [0.15, 0.2) is 36.4 Å². The minimum atomic E-state index is -0.0601. The number of halogens is 1. The molecule has 0 aliphatic carbocycles. The fourth-order valence-electron chi connectivity index (χ4n) is 2.84. The molecule has 1 N–H and O–H groups in total. The molecule has 1 heterocycles. The Balaban J connectivity index is 1.55. The lowest BCUT2D eigenvalue weighted by Gasteiger charge is -2.20. The van der Waals surface area contributed by atoms with Crippen LogP contribution >= 0.6 is 11.6 Å². The van der Waals surface area contributed by atoms with Crippen LogP contribution in [0.4, 0.5) is 0 Å². The highest BCUT2D eigenvalue weighted by Gasteiger charge is 2.17. The summed E-state index contributed by atoms with van der Waals surface area (Å²) in [6, 6.07) is 11.8. The zero-order valence-electron chi connectivity index (χ0n) is 15.0. The zero-order chi connectivity index (χ0) is 18.5. The Kier molecular flexibility index (Phi) is 6.01. The molecular weight excluding hydrogens is 352 g/mol. The van der Waals surface area contributed by atoms with E-state index in [0.29, 0.717) is 36.3 Å². The summed E-state index contributed by atoms with van der Waals surface area (Å²) in [7, 11) is 4.08. The number of benzene rings is 2. The summed E-state index contributed by atoms with van der Waals surface area (Å²) in [5.74, 6) is 1.10. The molecule has 2 aromatic rings. The van der Waals surface area contributed by atoms with E-state index in [4.69, 9.17) is 21.1 Å². The highest BCUT2D eigenvalue weighted by molar-refractivity contribution is 6.32. The van der Waals surface area contributed by atoms with Crippen molar-refractivity contribution in [2.24, 2.45) is 0 Å². The van der Waals surface area contributed by atoms with E-state index in [1.165, 1.54) is 5.56 Å². The lowest BCUT2D eigenvalue weighted by atomic mass is 10.1. The summed E-state index contributed by atoms with van der Waals surface area (Å²) >= 11 is 6.21. The van der Waals surface area contributed by atoms with Crippen LogP contribution in [0.2, 0.25) is 5.02 Å². The molecule has 1 amide bonds. The molecule has 0 atom stereocenters. The van der Waals surface area contributed by atoms with Gasteiger partial charge in [-0.15, -0.1) is 0 Å². The highest BCUT2D eigenvalue weighted by Crippen LogP contribution is 2.38. The first-order chi connectivity index (χ1) is 12.5. The second kappa shape index (κ2) is 8.43. The van der Waals surface area contributed by atoms with Gasteiger partial charge in [0.25, 0.3) is 0 Å². The number of nitrogens with one attached hydrogen (secondary N) is 1. The molecule has 138 valence electrons. The number of hydrogen-bond acceptors (Lipinski definition) is 4. The van der Waals surface area contributed by atoms with Gasteiger partial charge in [-0.25, -0.2) is 0 Å². The average molecular weight is 375 g/mol. The molecule has 0 aromatic heterocycles. The van der Waals surface area contributed by atoms with E-state index >= 15 is 0 Å². The van der Waals surface area contributed by atoms with Crippen LogP contribution in [0.3, 0.4) is 0 Å². The van der Waals surface area contributed by atoms with E-state index in [0.717, 1.165) is 17.7 Å². The second-order valence-corrected chi connectivity index (χ2v) is 7.02. The van der Waals surface area contributed by atoms with Crippen molar-refractivity contribution < 1.29 is 14.3 Å². The smallest absolute Gasteiger partial charge is 0.224 e. The Morgan fingerprint density at radius 2 is 1.77 bits per heavy atom. The van der Waals surface area contributed by atoms with Gasteiger partial charge in [0.1, 0.15) is 13.2 Å². The van der Waals surface area contributed by atoms with Crippen molar-refractivity contribution in [3.63, 3.8) is 0 Å². The third kappa shape index (κ3) is 4.90. The number of nitrogens with zero attached hydrogens (tertiary/aromatic N) is 1.